The number of hydrogen-bond acceptors (Lipinski definition) is 10. The Labute approximate surface area is 269 Å². The second-order valence-corrected chi connectivity index (χ2v) is 12.3. The van der Waals surface area contributed by atoms with Crippen molar-refractivity contribution in [2.24, 2.45) is 23.5 Å². The number of amides is 5. The van der Waals surface area contributed by atoms with Crippen molar-refractivity contribution in [2.75, 3.05) is 0 Å². The van der Waals surface area contributed by atoms with E-state index in [1.165, 1.54) is 0 Å². The number of carbonyl (C=O) groups is 7. The van der Waals surface area contributed by atoms with Crippen LogP contribution < -0.4 is 32.3 Å². The molecule has 0 spiro atoms. The van der Waals surface area contributed by atoms with E-state index < -0.39 is 109 Å². The molecule has 0 aromatic carbocycles. The monoisotopic (exact) mass is 658 g/mol. The maximum absolute atomic E-state index is 13.4. The summed E-state index contributed by atoms with van der Waals surface area (Å²) in [7, 11) is -1.81. The third-order valence-electron chi connectivity index (χ3n) is 6.98. The van der Waals surface area contributed by atoms with Crippen LogP contribution in [0.5, 0.6) is 0 Å². The van der Waals surface area contributed by atoms with Crippen LogP contribution in [0.1, 0.15) is 80.6 Å². The Balaban J connectivity index is 5.88. The lowest BCUT2D eigenvalue weighted by atomic mass is 9.77. The predicted molar refractivity (Wildman–Crippen MR) is 166 cm³/mol. The highest BCUT2D eigenvalue weighted by atomic mass is 16.4. The molecule has 46 heavy (non-hydrogen) atoms. The minimum atomic E-state index is -1.81. The van der Waals surface area contributed by atoms with Crippen molar-refractivity contribution in [1.82, 2.24) is 26.6 Å². The zero-order chi connectivity index (χ0) is 35.9. The lowest BCUT2D eigenvalue weighted by molar-refractivity contribution is -0.141. The van der Waals surface area contributed by atoms with Crippen molar-refractivity contribution in [3.05, 3.63) is 0 Å². The van der Waals surface area contributed by atoms with Crippen LogP contribution in [-0.2, 0) is 33.6 Å². The lowest BCUT2D eigenvalue weighted by Crippen LogP contribution is -2.61. The largest absolute Gasteiger partial charge is 0.481 e. The third kappa shape index (κ3) is 15.5. The van der Waals surface area contributed by atoms with E-state index in [1.807, 2.05) is 13.8 Å². The van der Waals surface area contributed by atoms with Crippen LogP contribution in [0, 0.1) is 17.8 Å². The van der Waals surface area contributed by atoms with Gasteiger partial charge in [0.15, 0.2) is 0 Å². The number of carboxylic acids is 2. The second kappa shape index (κ2) is 20.4. The molecular formula is C28H51BN6O11. The highest BCUT2D eigenvalue weighted by molar-refractivity contribution is 6.43. The summed E-state index contributed by atoms with van der Waals surface area (Å²) < 4.78 is 0. The summed E-state index contributed by atoms with van der Waals surface area (Å²) in [4.78, 5) is 87.5. The molecule has 5 amide bonds. The van der Waals surface area contributed by atoms with E-state index in [4.69, 9.17) is 10.8 Å². The molecule has 0 bridgehead atoms. The number of aliphatic carboxylic acids is 2. The number of rotatable bonds is 21. The van der Waals surface area contributed by atoms with E-state index in [1.54, 1.807) is 34.6 Å². The molecule has 0 saturated heterocycles. The van der Waals surface area contributed by atoms with Crippen LogP contribution in [0.2, 0.25) is 0 Å². The van der Waals surface area contributed by atoms with Crippen molar-refractivity contribution < 1.29 is 53.8 Å². The SMILES string of the molecule is CC[C@H](NC(=O)[C@H](CC(C)C)NC(=O)[C@@H](NC(=O)[C@@H](NC(=O)[C@H](CC(=O)O)NC(=O)[C@@H](N)CCC(=O)O)C(C)C)C(C)C)B(O)O. The molecule has 11 N–H and O–H groups in total. The van der Waals surface area contributed by atoms with E-state index in [0.717, 1.165) is 0 Å². The summed E-state index contributed by atoms with van der Waals surface area (Å²) in [5, 5.41) is 49.4. The minimum Gasteiger partial charge on any atom is -0.481 e. The Hall–Kier alpha value is -3.77. The summed E-state index contributed by atoms with van der Waals surface area (Å²) in [5.74, 6) is -8.85. The van der Waals surface area contributed by atoms with Gasteiger partial charge < -0.3 is 52.6 Å². The molecule has 6 atom stereocenters. The van der Waals surface area contributed by atoms with Crippen molar-refractivity contribution in [3.8, 4) is 0 Å². The molecule has 0 saturated carbocycles. The summed E-state index contributed by atoms with van der Waals surface area (Å²) >= 11 is 0. The number of nitrogens with two attached hydrogens (primary N) is 1. The van der Waals surface area contributed by atoms with E-state index in [9.17, 15) is 48.7 Å². The van der Waals surface area contributed by atoms with Crippen molar-refractivity contribution in [1.29, 1.82) is 0 Å². The quantitative estimate of drug-likeness (QED) is 0.0591. The maximum atomic E-state index is 13.4. The Kier molecular flexibility index (Phi) is 18.7. The van der Waals surface area contributed by atoms with Crippen molar-refractivity contribution >= 4 is 48.6 Å². The van der Waals surface area contributed by atoms with Gasteiger partial charge in [0.05, 0.1) is 18.4 Å². The van der Waals surface area contributed by atoms with Crippen LogP contribution in [0.3, 0.4) is 0 Å². The second-order valence-electron chi connectivity index (χ2n) is 12.3. The van der Waals surface area contributed by atoms with Gasteiger partial charge in [-0.15, -0.1) is 0 Å². The first kappa shape index (κ1) is 42.2. The molecule has 0 aliphatic carbocycles. The third-order valence-corrected chi connectivity index (χ3v) is 6.98. The zero-order valence-corrected chi connectivity index (χ0v) is 27.5. The van der Waals surface area contributed by atoms with Crippen LogP contribution >= 0.6 is 0 Å². The van der Waals surface area contributed by atoms with Gasteiger partial charge in [-0.05, 0) is 37.0 Å². The first-order valence-corrected chi connectivity index (χ1v) is 15.3. The first-order chi connectivity index (χ1) is 21.2. The normalized spacial score (nSPS) is 15.2. The fraction of sp³-hybridized carbons (Fsp3) is 0.750. The Bertz CT molecular complexity index is 1070. The first-order valence-electron chi connectivity index (χ1n) is 15.3. The van der Waals surface area contributed by atoms with E-state index in [-0.39, 0.29) is 25.2 Å². The average molecular weight is 659 g/mol. The maximum Gasteiger partial charge on any atom is 0.475 e. The van der Waals surface area contributed by atoms with Gasteiger partial charge in [-0.3, -0.25) is 33.6 Å². The fourth-order valence-corrected chi connectivity index (χ4v) is 4.27. The standard InChI is InChI=1S/C28H51BN6O11/c1-8-19(29(45)46)33-25(41)17(11-13(2)3)32-27(43)22(14(4)5)35-28(44)23(15(6)7)34-26(42)18(12-21(38)39)31-24(40)16(30)9-10-20(36)37/h13-19,22-23,45-46H,8-12,30H2,1-7H3,(H,31,40)(H,32,43)(H,33,41)(H,34,42)(H,35,44)(H,36,37)(H,38,39)/t16-,17-,18-,19-,22-,23-/m0/s1. The molecule has 0 aromatic rings. The van der Waals surface area contributed by atoms with Gasteiger partial charge in [-0.1, -0.05) is 48.5 Å². The molecule has 0 unspecified atom stereocenters. The Morgan fingerprint density at radius 3 is 1.52 bits per heavy atom. The average Bonchev–Trinajstić information content (AvgIpc) is 2.93. The molecule has 0 aromatic heterocycles. The highest BCUT2D eigenvalue weighted by Crippen LogP contribution is 2.11. The lowest BCUT2D eigenvalue weighted by Gasteiger charge is -2.30. The molecule has 0 fully saturated rings. The predicted octanol–water partition coefficient (Wildman–Crippen LogP) is -2.14. The van der Waals surface area contributed by atoms with Gasteiger partial charge in [0, 0.05) is 6.42 Å². The highest BCUT2D eigenvalue weighted by Gasteiger charge is 2.35. The van der Waals surface area contributed by atoms with Gasteiger partial charge in [-0.25, -0.2) is 0 Å². The number of carboxylic acid groups (broad SMARTS) is 2. The Morgan fingerprint density at radius 1 is 0.652 bits per heavy atom. The van der Waals surface area contributed by atoms with Gasteiger partial charge >= 0.3 is 19.1 Å². The van der Waals surface area contributed by atoms with Crippen LogP contribution in [-0.4, -0.2) is 105 Å². The molecule has 0 heterocycles. The van der Waals surface area contributed by atoms with Gasteiger partial charge in [0.1, 0.15) is 24.2 Å². The summed E-state index contributed by atoms with van der Waals surface area (Å²) in [5.41, 5.74) is 5.67. The van der Waals surface area contributed by atoms with Gasteiger partial charge in [0.25, 0.3) is 0 Å². The van der Waals surface area contributed by atoms with Crippen molar-refractivity contribution in [2.45, 2.75) is 117 Å². The molecule has 17 nitrogen and oxygen atoms in total. The minimum absolute atomic E-state index is 0.0474. The molecule has 0 radical (unpaired) electrons. The molecule has 0 aliphatic rings. The summed E-state index contributed by atoms with van der Waals surface area (Å²) in [6.07, 6.45) is -1.14. The number of carbonyl (C=O) groups excluding carboxylic acids is 5. The molecule has 0 aliphatic heterocycles. The van der Waals surface area contributed by atoms with Crippen LogP contribution in [0.15, 0.2) is 0 Å². The van der Waals surface area contributed by atoms with Crippen molar-refractivity contribution in [3.63, 3.8) is 0 Å². The smallest absolute Gasteiger partial charge is 0.475 e. The van der Waals surface area contributed by atoms with E-state index in [2.05, 4.69) is 26.6 Å². The topological polar surface area (TPSA) is 287 Å². The molecule has 0 rings (SSSR count). The summed E-state index contributed by atoms with van der Waals surface area (Å²) in [6, 6.07) is -6.53. The molecule has 18 heteroatoms. The van der Waals surface area contributed by atoms with E-state index in [0.29, 0.717) is 0 Å². The Morgan fingerprint density at radius 2 is 1.11 bits per heavy atom. The molecule has 262 valence electrons. The van der Waals surface area contributed by atoms with Gasteiger partial charge in [-0.2, -0.15) is 0 Å². The summed E-state index contributed by atoms with van der Waals surface area (Å²) in [6.45, 7) is 11.8. The van der Waals surface area contributed by atoms with Gasteiger partial charge in [0.2, 0.25) is 29.5 Å². The van der Waals surface area contributed by atoms with Crippen LogP contribution in [0.25, 0.3) is 0 Å². The number of hydrogen-bond donors (Lipinski definition) is 10. The van der Waals surface area contributed by atoms with E-state index >= 15 is 0 Å². The number of nitrogens with one attached hydrogen (secondary N) is 5. The molecular weight excluding hydrogens is 607 g/mol. The fourth-order valence-electron chi connectivity index (χ4n) is 4.27. The zero-order valence-electron chi connectivity index (χ0n) is 27.5. The van der Waals surface area contributed by atoms with Crippen LogP contribution in [0.4, 0.5) is 0 Å².